The molecule has 7 heteroatoms. The van der Waals surface area contributed by atoms with Gasteiger partial charge in [0.2, 0.25) is 5.88 Å². The summed E-state index contributed by atoms with van der Waals surface area (Å²) in [6, 6.07) is 5.76. The number of hydrogen-bond donors (Lipinski definition) is 0. The minimum atomic E-state index is -0.324. The van der Waals surface area contributed by atoms with Crippen LogP contribution in [0.25, 0.3) is 0 Å². The van der Waals surface area contributed by atoms with Crippen molar-refractivity contribution < 1.29 is 9.13 Å². The van der Waals surface area contributed by atoms with Crippen molar-refractivity contribution in [3.63, 3.8) is 0 Å². The third kappa shape index (κ3) is 3.56. The number of methoxy groups -OCH3 is 1. The van der Waals surface area contributed by atoms with Gasteiger partial charge in [-0.2, -0.15) is 0 Å². The van der Waals surface area contributed by atoms with Crippen molar-refractivity contribution in [2.24, 2.45) is 0 Å². The first-order valence-electron chi connectivity index (χ1n) is 7.61. The van der Waals surface area contributed by atoms with Crippen LogP contribution in [-0.2, 0) is 6.54 Å². The van der Waals surface area contributed by atoms with Crippen molar-refractivity contribution in [3.8, 4) is 5.88 Å². The van der Waals surface area contributed by atoms with E-state index in [2.05, 4.69) is 19.9 Å². The zero-order valence-corrected chi connectivity index (χ0v) is 13.4. The minimum Gasteiger partial charge on any atom is -0.481 e. The molecule has 1 fully saturated rings. The van der Waals surface area contributed by atoms with E-state index in [0.717, 1.165) is 38.4 Å². The van der Waals surface area contributed by atoms with Crippen LogP contribution < -0.4 is 9.64 Å². The molecular formula is C16H20FN5O. The molecule has 0 aliphatic carbocycles. The highest BCUT2D eigenvalue weighted by Crippen LogP contribution is 2.19. The van der Waals surface area contributed by atoms with E-state index in [9.17, 15) is 4.39 Å². The Bertz CT molecular complexity index is 673. The molecule has 0 radical (unpaired) electrons. The lowest BCUT2D eigenvalue weighted by molar-refractivity contribution is 0.244. The normalized spacial score (nSPS) is 15.7. The second-order valence-corrected chi connectivity index (χ2v) is 5.53. The van der Waals surface area contributed by atoms with Crippen molar-refractivity contribution in [1.82, 2.24) is 19.9 Å². The lowest BCUT2D eigenvalue weighted by Gasteiger charge is -2.35. The summed E-state index contributed by atoms with van der Waals surface area (Å²) in [5, 5.41) is 0. The molecular weight excluding hydrogens is 297 g/mol. The van der Waals surface area contributed by atoms with E-state index >= 15 is 0 Å². The fourth-order valence-corrected chi connectivity index (χ4v) is 2.67. The summed E-state index contributed by atoms with van der Waals surface area (Å²) in [7, 11) is 1.61. The first kappa shape index (κ1) is 15.6. The molecule has 122 valence electrons. The van der Waals surface area contributed by atoms with Crippen LogP contribution >= 0.6 is 0 Å². The van der Waals surface area contributed by atoms with Gasteiger partial charge in [0.1, 0.15) is 6.33 Å². The molecule has 2 aromatic rings. The lowest BCUT2D eigenvalue weighted by atomic mass is 10.2. The SMILES string of the molecule is COc1cccc(CN2CCN(c3ncnc(C)c3F)CC2)n1. The van der Waals surface area contributed by atoms with Gasteiger partial charge in [0, 0.05) is 38.8 Å². The van der Waals surface area contributed by atoms with E-state index < -0.39 is 0 Å². The number of ether oxygens (including phenoxy) is 1. The number of halogens is 1. The molecule has 0 bridgehead atoms. The molecule has 1 aliphatic heterocycles. The van der Waals surface area contributed by atoms with Gasteiger partial charge >= 0.3 is 0 Å². The summed E-state index contributed by atoms with van der Waals surface area (Å²) >= 11 is 0. The Morgan fingerprint density at radius 1 is 1.17 bits per heavy atom. The highest BCUT2D eigenvalue weighted by atomic mass is 19.1. The lowest BCUT2D eigenvalue weighted by Crippen LogP contribution is -2.46. The maximum absolute atomic E-state index is 14.1. The summed E-state index contributed by atoms with van der Waals surface area (Å²) < 4.78 is 19.3. The molecule has 1 saturated heterocycles. The number of aromatic nitrogens is 3. The highest BCUT2D eigenvalue weighted by Gasteiger charge is 2.21. The minimum absolute atomic E-state index is 0.324. The molecule has 6 nitrogen and oxygen atoms in total. The van der Waals surface area contributed by atoms with Crippen LogP contribution in [0.1, 0.15) is 11.4 Å². The number of pyridine rings is 1. The Hall–Kier alpha value is -2.28. The van der Waals surface area contributed by atoms with E-state index in [1.54, 1.807) is 14.0 Å². The third-order valence-corrected chi connectivity index (χ3v) is 3.99. The fraction of sp³-hybridized carbons (Fsp3) is 0.438. The van der Waals surface area contributed by atoms with Crippen LogP contribution in [0.5, 0.6) is 5.88 Å². The molecule has 23 heavy (non-hydrogen) atoms. The van der Waals surface area contributed by atoms with Gasteiger partial charge in [-0.15, -0.1) is 0 Å². The maximum atomic E-state index is 14.1. The van der Waals surface area contributed by atoms with Gasteiger partial charge < -0.3 is 9.64 Å². The summed E-state index contributed by atoms with van der Waals surface area (Å²) in [4.78, 5) is 16.7. The van der Waals surface area contributed by atoms with Crippen LogP contribution in [0.15, 0.2) is 24.5 Å². The highest BCUT2D eigenvalue weighted by molar-refractivity contribution is 5.41. The Kier molecular flexibility index (Phi) is 4.66. The van der Waals surface area contributed by atoms with Crippen LogP contribution in [0.2, 0.25) is 0 Å². The maximum Gasteiger partial charge on any atom is 0.213 e. The molecule has 0 aromatic carbocycles. The monoisotopic (exact) mass is 317 g/mol. The molecule has 1 aliphatic rings. The summed E-state index contributed by atoms with van der Waals surface area (Å²) in [5.41, 5.74) is 1.36. The molecule has 0 saturated carbocycles. The molecule has 2 aromatic heterocycles. The molecule has 0 amide bonds. The van der Waals surface area contributed by atoms with Gasteiger partial charge in [-0.1, -0.05) is 6.07 Å². The largest absolute Gasteiger partial charge is 0.481 e. The van der Waals surface area contributed by atoms with Gasteiger partial charge in [-0.05, 0) is 13.0 Å². The molecule has 3 heterocycles. The fourth-order valence-electron chi connectivity index (χ4n) is 2.67. The summed E-state index contributed by atoms with van der Waals surface area (Å²) in [5.74, 6) is 0.701. The molecule has 0 spiro atoms. The van der Waals surface area contributed by atoms with E-state index in [4.69, 9.17) is 4.74 Å². The zero-order valence-electron chi connectivity index (χ0n) is 13.4. The quantitative estimate of drug-likeness (QED) is 0.855. The van der Waals surface area contributed by atoms with Gasteiger partial charge in [0.25, 0.3) is 0 Å². The van der Waals surface area contributed by atoms with E-state index in [1.807, 2.05) is 23.1 Å². The van der Waals surface area contributed by atoms with Crippen LogP contribution in [-0.4, -0.2) is 53.1 Å². The average molecular weight is 317 g/mol. The Morgan fingerprint density at radius 2 is 1.96 bits per heavy atom. The topological polar surface area (TPSA) is 54.4 Å². The van der Waals surface area contributed by atoms with E-state index in [0.29, 0.717) is 17.4 Å². The zero-order chi connectivity index (χ0) is 16.2. The van der Waals surface area contributed by atoms with Crippen molar-refractivity contribution in [2.75, 3.05) is 38.2 Å². The van der Waals surface area contributed by atoms with Crippen LogP contribution in [0, 0.1) is 12.7 Å². The number of rotatable bonds is 4. The van der Waals surface area contributed by atoms with Crippen molar-refractivity contribution in [2.45, 2.75) is 13.5 Å². The molecule has 0 unspecified atom stereocenters. The summed E-state index contributed by atoms with van der Waals surface area (Å²) in [6.45, 7) is 5.55. The van der Waals surface area contributed by atoms with Crippen molar-refractivity contribution in [3.05, 3.63) is 41.7 Å². The third-order valence-electron chi connectivity index (χ3n) is 3.99. The summed E-state index contributed by atoms with van der Waals surface area (Å²) in [6.07, 6.45) is 1.42. The van der Waals surface area contributed by atoms with E-state index in [1.165, 1.54) is 6.33 Å². The first-order chi connectivity index (χ1) is 11.2. The number of anilines is 1. The smallest absolute Gasteiger partial charge is 0.213 e. The van der Waals surface area contributed by atoms with Gasteiger partial charge in [0.15, 0.2) is 11.6 Å². The van der Waals surface area contributed by atoms with Crippen LogP contribution in [0.3, 0.4) is 0 Å². The molecule has 0 N–H and O–H groups in total. The number of aryl methyl sites for hydroxylation is 1. The van der Waals surface area contributed by atoms with Crippen molar-refractivity contribution in [1.29, 1.82) is 0 Å². The second kappa shape index (κ2) is 6.87. The van der Waals surface area contributed by atoms with Gasteiger partial charge in [-0.3, -0.25) is 4.90 Å². The van der Waals surface area contributed by atoms with E-state index in [-0.39, 0.29) is 5.82 Å². The predicted molar refractivity (Wildman–Crippen MR) is 85.0 cm³/mol. The predicted octanol–water partition coefficient (Wildman–Crippen LogP) is 1.65. The van der Waals surface area contributed by atoms with Crippen molar-refractivity contribution >= 4 is 5.82 Å². The van der Waals surface area contributed by atoms with Gasteiger partial charge in [0.05, 0.1) is 18.5 Å². The first-order valence-corrected chi connectivity index (χ1v) is 7.61. The number of piperazine rings is 1. The average Bonchev–Trinajstić information content (AvgIpc) is 2.58. The Balaban J connectivity index is 1.61. The molecule has 3 rings (SSSR count). The van der Waals surface area contributed by atoms with Crippen LogP contribution in [0.4, 0.5) is 10.2 Å². The second-order valence-electron chi connectivity index (χ2n) is 5.53. The Morgan fingerprint density at radius 3 is 2.70 bits per heavy atom. The standard InChI is InChI=1S/C16H20FN5O/c1-12-15(17)16(19-11-18-12)22-8-6-21(7-9-22)10-13-4-3-5-14(20-13)23-2/h3-5,11H,6-10H2,1-2H3. The number of hydrogen-bond acceptors (Lipinski definition) is 6. The number of nitrogens with zero attached hydrogens (tertiary/aromatic N) is 5. The van der Waals surface area contributed by atoms with Gasteiger partial charge in [-0.25, -0.2) is 19.3 Å². The Labute approximate surface area is 134 Å². The molecule has 0 atom stereocenters.